The Labute approximate surface area is 162 Å². The lowest BCUT2D eigenvalue weighted by molar-refractivity contribution is -0.120. The van der Waals surface area contributed by atoms with E-state index < -0.39 is 5.91 Å². The van der Waals surface area contributed by atoms with Gasteiger partial charge < -0.3 is 24.5 Å². The monoisotopic (exact) mass is 382 g/mol. The Kier molecular flexibility index (Phi) is 5.84. The molecule has 0 aliphatic heterocycles. The normalized spacial score (nSPS) is 11.7. The number of carbonyl (C=O) groups excluding carboxylic acids is 2. The molecule has 1 heterocycles. The Morgan fingerprint density at radius 1 is 1.04 bits per heavy atom. The molecule has 7 heteroatoms. The van der Waals surface area contributed by atoms with E-state index in [-0.39, 0.29) is 18.5 Å². The summed E-state index contributed by atoms with van der Waals surface area (Å²) in [6, 6.07) is 14.0. The van der Waals surface area contributed by atoms with Crippen LogP contribution in [0.5, 0.6) is 11.5 Å². The highest BCUT2D eigenvalue weighted by atomic mass is 16.5. The zero-order chi connectivity index (χ0) is 20.1. The zero-order valence-corrected chi connectivity index (χ0v) is 15.9. The zero-order valence-electron chi connectivity index (χ0n) is 15.9. The highest BCUT2D eigenvalue weighted by Crippen LogP contribution is 2.24. The first-order valence-electron chi connectivity index (χ1n) is 8.79. The number of fused-ring (bicyclic) bond motifs is 1. The molecule has 7 nitrogen and oxygen atoms in total. The molecule has 0 fully saturated rings. The molecule has 2 N–H and O–H groups in total. The van der Waals surface area contributed by atoms with Crippen molar-refractivity contribution in [2.45, 2.75) is 13.0 Å². The number of furan rings is 1. The second-order valence-electron chi connectivity index (χ2n) is 6.26. The van der Waals surface area contributed by atoms with Crippen LogP contribution in [0.3, 0.4) is 0 Å². The largest absolute Gasteiger partial charge is 0.497 e. The molecule has 146 valence electrons. The molecule has 3 rings (SSSR count). The SMILES string of the molecule is COc1cc(OC)cc(C(=O)NCC(=O)N[C@@H](C)c2cc3ccccc3o2)c1. The fourth-order valence-electron chi connectivity index (χ4n) is 2.78. The average molecular weight is 382 g/mol. The van der Waals surface area contributed by atoms with Crippen LogP contribution in [-0.2, 0) is 4.79 Å². The topological polar surface area (TPSA) is 89.8 Å². The minimum atomic E-state index is -0.399. The first kappa shape index (κ1) is 19.3. The van der Waals surface area contributed by atoms with Crippen LogP contribution in [-0.4, -0.2) is 32.6 Å². The highest BCUT2D eigenvalue weighted by Gasteiger charge is 2.16. The number of carbonyl (C=O) groups is 2. The fourth-order valence-corrected chi connectivity index (χ4v) is 2.78. The maximum atomic E-state index is 12.3. The number of para-hydroxylation sites is 1. The van der Waals surface area contributed by atoms with Crippen LogP contribution in [0.1, 0.15) is 29.1 Å². The van der Waals surface area contributed by atoms with Crippen LogP contribution in [0.15, 0.2) is 52.9 Å². The lowest BCUT2D eigenvalue weighted by Crippen LogP contribution is -2.37. The van der Waals surface area contributed by atoms with Crippen LogP contribution in [0.4, 0.5) is 0 Å². The number of ether oxygens (including phenoxy) is 2. The third-order valence-corrected chi connectivity index (χ3v) is 4.27. The van der Waals surface area contributed by atoms with Crippen LogP contribution in [0, 0.1) is 0 Å². The smallest absolute Gasteiger partial charge is 0.251 e. The van der Waals surface area contributed by atoms with Crippen molar-refractivity contribution < 1.29 is 23.5 Å². The lowest BCUT2D eigenvalue weighted by atomic mass is 10.2. The molecule has 0 saturated carbocycles. The summed E-state index contributed by atoms with van der Waals surface area (Å²) in [6.45, 7) is 1.66. The molecule has 1 aromatic heterocycles. The van der Waals surface area contributed by atoms with Gasteiger partial charge in [0, 0.05) is 17.0 Å². The molecule has 28 heavy (non-hydrogen) atoms. The first-order chi connectivity index (χ1) is 13.5. The summed E-state index contributed by atoms with van der Waals surface area (Å²) >= 11 is 0. The van der Waals surface area contributed by atoms with Gasteiger partial charge in [0.05, 0.1) is 26.8 Å². The fraction of sp³-hybridized carbons (Fsp3) is 0.238. The standard InChI is InChI=1S/C21H22N2O5/c1-13(19-10-14-6-4-5-7-18(14)28-19)23-20(24)12-22-21(25)15-8-16(26-2)11-17(9-15)27-3/h4-11,13H,12H2,1-3H3,(H,22,25)(H,23,24)/t13-/m0/s1. The molecule has 0 spiro atoms. The van der Waals surface area contributed by atoms with E-state index in [1.165, 1.54) is 14.2 Å². The number of methoxy groups -OCH3 is 2. The average Bonchev–Trinajstić information content (AvgIpc) is 3.16. The van der Waals surface area contributed by atoms with Crippen LogP contribution >= 0.6 is 0 Å². The van der Waals surface area contributed by atoms with Gasteiger partial charge >= 0.3 is 0 Å². The van der Waals surface area contributed by atoms with E-state index in [2.05, 4.69) is 10.6 Å². The summed E-state index contributed by atoms with van der Waals surface area (Å²) in [6.07, 6.45) is 0. The molecule has 0 aliphatic rings. The molecule has 1 atom stereocenters. The quantitative estimate of drug-likeness (QED) is 0.656. The molecule has 2 aromatic carbocycles. The third-order valence-electron chi connectivity index (χ3n) is 4.27. The van der Waals surface area contributed by atoms with Crippen molar-refractivity contribution in [2.24, 2.45) is 0 Å². The van der Waals surface area contributed by atoms with Gasteiger partial charge in [-0.3, -0.25) is 9.59 Å². The van der Waals surface area contributed by atoms with Crippen molar-refractivity contribution >= 4 is 22.8 Å². The molecule has 0 saturated heterocycles. The van der Waals surface area contributed by atoms with Gasteiger partial charge in [0.1, 0.15) is 22.8 Å². The Morgan fingerprint density at radius 2 is 1.71 bits per heavy atom. The first-order valence-corrected chi connectivity index (χ1v) is 8.79. The number of benzene rings is 2. The van der Waals surface area contributed by atoms with E-state index in [1.807, 2.05) is 37.3 Å². The highest BCUT2D eigenvalue weighted by molar-refractivity contribution is 5.97. The van der Waals surface area contributed by atoms with Crippen molar-refractivity contribution in [2.75, 3.05) is 20.8 Å². The summed E-state index contributed by atoms with van der Waals surface area (Å²) in [4.78, 5) is 24.5. The van der Waals surface area contributed by atoms with E-state index in [9.17, 15) is 9.59 Å². The molecule has 0 unspecified atom stereocenters. The van der Waals surface area contributed by atoms with Gasteiger partial charge in [-0.1, -0.05) is 18.2 Å². The maximum absolute atomic E-state index is 12.3. The third kappa shape index (κ3) is 4.43. The summed E-state index contributed by atoms with van der Waals surface area (Å²) in [7, 11) is 3.01. The summed E-state index contributed by atoms with van der Waals surface area (Å²) in [5, 5.41) is 6.38. The number of rotatable bonds is 7. The Morgan fingerprint density at radius 3 is 2.36 bits per heavy atom. The van der Waals surface area contributed by atoms with Crippen LogP contribution < -0.4 is 20.1 Å². The number of hydrogen-bond acceptors (Lipinski definition) is 5. The Hall–Kier alpha value is -3.48. The molecular weight excluding hydrogens is 360 g/mol. The molecule has 0 bridgehead atoms. The van der Waals surface area contributed by atoms with Gasteiger partial charge in [-0.25, -0.2) is 0 Å². The van der Waals surface area contributed by atoms with Crippen LogP contribution in [0.2, 0.25) is 0 Å². The maximum Gasteiger partial charge on any atom is 0.251 e. The van der Waals surface area contributed by atoms with Crippen LogP contribution in [0.25, 0.3) is 11.0 Å². The number of amides is 2. The predicted molar refractivity (Wildman–Crippen MR) is 105 cm³/mol. The van der Waals surface area contributed by atoms with Crippen molar-refractivity contribution in [1.82, 2.24) is 10.6 Å². The minimum absolute atomic E-state index is 0.164. The Bertz CT molecular complexity index is 940. The van der Waals surface area contributed by atoms with Gasteiger partial charge in [0.15, 0.2) is 0 Å². The van der Waals surface area contributed by atoms with Gasteiger partial charge in [-0.05, 0) is 31.2 Å². The number of hydrogen-bond donors (Lipinski definition) is 2. The van der Waals surface area contributed by atoms with Gasteiger partial charge in [0.25, 0.3) is 5.91 Å². The summed E-state index contributed by atoms with van der Waals surface area (Å²) in [5.74, 6) is 0.915. The van der Waals surface area contributed by atoms with Crippen molar-refractivity contribution in [3.8, 4) is 11.5 Å². The van der Waals surface area contributed by atoms with Crippen molar-refractivity contribution in [3.05, 3.63) is 59.9 Å². The Balaban J connectivity index is 1.58. The van der Waals surface area contributed by atoms with Crippen molar-refractivity contribution in [1.29, 1.82) is 0 Å². The summed E-state index contributed by atoms with van der Waals surface area (Å²) < 4.78 is 16.0. The van der Waals surface area contributed by atoms with E-state index >= 15 is 0 Å². The minimum Gasteiger partial charge on any atom is -0.497 e. The summed E-state index contributed by atoms with van der Waals surface area (Å²) in [5.41, 5.74) is 1.10. The number of nitrogens with one attached hydrogen (secondary N) is 2. The van der Waals surface area contributed by atoms with Crippen molar-refractivity contribution in [3.63, 3.8) is 0 Å². The second-order valence-corrected chi connectivity index (χ2v) is 6.26. The van der Waals surface area contributed by atoms with E-state index in [1.54, 1.807) is 18.2 Å². The van der Waals surface area contributed by atoms with Gasteiger partial charge in [-0.2, -0.15) is 0 Å². The van der Waals surface area contributed by atoms with Gasteiger partial charge in [-0.15, -0.1) is 0 Å². The molecule has 2 amide bonds. The molecule has 3 aromatic rings. The second kappa shape index (κ2) is 8.47. The predicted octanol–water partition coefficient (Wildman–Crippen LogP) is 3.06. The van der Waals surface area contributed by atoms with E-state index in [4.69, 9.17) is 13.9 Å². The molecule has 0 radical (unpaired) electrons. The van der Waals surface area contributed by atoms with Gasteiger partial charge in [0.2, 0.25) is 5.91 Å². The molecular formula is C21H22N2O5. The van der Waals surface area contributed by atoms with E-state index in [0.717, 1.165) is 11.0 Å². The lowest BCUT2D eigenvalue weighted by Gasteiger charge is -2.12. The van der Waals surface area contributed by atoms with E-state index in [0.29, 0.717) is 22.8 Å². The molecule has 0 aliphatic carbocycles.